The zero-order valence-electron chi connectivity index (χ0n) is 6.74. The third-order valence-corrected chi connectivity index (χ3v) is 3.55. The molecule has 1 aromatic carbocycles. The molecule has 0 saturated heterocycles. The zero-order chi connectivity index (χ0) is 10.3. The van der Waals surface area contributed by atoms with Crippen LogP contribution in [0.2, 0.25) is 0 Å². The summed E-state index contributed by atoms with van der Waals surface area (Å²) in [6.07, 6.45) is 0. The lowest BCUT2D eigenvalue weighted by Crippen LogP contribution is -2.40. The Hall–Kier alpha value is -0.830. The molecule has 1 aliphatic rings. The molecule has 2 N–H and O–H groups in total. The smallest absolute Gasteiger partial charge is 0.268 e. The van der Waals surface area contributed by atoms with Crippen molar-refractivity contribution in [2.45, 2.75) is 0 Å². The van der Waals surface area contributed by atoms with E-state index < -0.39 is 16.1 Å². The van der Waals surface area contributed by atoms with Crippen LogP contribution in [0, 0.1) is 3.57 Å². The predicted molar refractivity (Wildman–Crippen MR) is 59.2 cm³/mol. The van der Waals surface area contributed by atoms with Gasteiger partial charge in [-0.25, -0.2) is 4.72 Å². The van der Waals surface area contributed by atoms with Gasteiger partial charge in [-0.15, -0.1) is 0 Å². The van der Waals surface area contributed by atoms with Crippen molar-refractivity contribution in [2.75, 3.05) is 4.72 Å². The lowest BCUT2D eigenvalue weighted by molar-refractivity contribution is 0.0981. The molecule has 14 heavy (non-hydrogen) atoms. The summed E-state index contributed by atoms with van der Waals surface area (Å²) in [5.41, 5.74) is 0.684. The highest BCUT2D eigenvalue weighted by Gasteiger charge is 2.27. The van der Waals surface area contributed by atoms with Gasteiger partial charge in [0.1, 0.15) is 0 Å². The third kappa shape index (κ3) is 1.57. The fraction of sp³-hybridized carbons (Fsp3) is 0. The molecule has 0 radical (unpaired) electrons. The Balaban J connectivity index is 2.68. The van der Waals surface area contributed by atoms with Gasteiger partial charge in [0, 0.05) is 3.57 Å². The number of fused-ring (bicyclic) bond motifs is 1. The number of halogens is 1. The molecule has 0 atom stereocenters. The van der Waals surface area contributed by atoms with E-state index in [0.717, 1.165) is 0 Å². The number of carbonyl (C=O) groups excluding carboxylic acids is 1. The molecule has 0 aliphatic carbocycles. The minimum atomic E-state index is -3.72. The Morgan fingerprint density at radius 1 is 1.21 bits per heavy atom. The number of rotatable bonds is 0. The van der Waals surface area contributed by atoms with Gasteiger partial charge in [-0.05, 0) is 34.7 Å². The van der Waals surface area contributed by atoms with Gasteiger partial charge in [-0.1, -0.05) is 6.07 Å². The second-order valence-electron chi connectivity index (χ2n) is 2.70. The van der Waals surface area contributed by atoms with Crippen LogP contribution in [0.1, 0.15) is 10.4 Å². The number of hydrogen-bond donors (Lipinski definition) is 2. The minimum absolute atomic E-state index is 0.340. The summed E-state index contributed by atoms with van der Waals surface area (Å²) in [5.74, 6) is -0.600. The molecule has 1 heterocycles. The first-order chi connectivity index (χ1) is 6.49. The summed E-state index contributed by atoms with van der Waals surface area (Å²) < 4.78 is 27.1. The van der Waals surface area contributed by atoms with Crippen molar-refractivity contribution in [3.8, 4) is 0 Å². The Bertz CT molecular complexity index is 512. The highest BCUT2D eigenvalue weighted by molar-refractivity contribution is 14.1. The summed E-state index contributed by atoms with van der Waals surface area (Å²) in [4.78, 5) is 11.3. The third-order valence-electron chi connectivity index (χ3n) is 1.72. The van der Waals surface area contributed by atoms with E-state index in [9.17, 15) is 13.2 Å². The maximum atomic E-state index is 11.3. The summed E-state index contributed by atoms with van der Waals surface area (Å²) in [6, 6.07) is 4.98. The minimum Gasteiger partial charge on any atom is -0.268 e. The molecule has 2 rings (SSSR count). The van der Waals surface area contributed by atoms with Crippen LogP contribution in [-0.4, -0.2) is 14.3 Å². The molecule has 0 saturated carbocycles. The van der Waals surface area contributed by atoms with Gasteiger partial charge < -0.3 is 0 Å². The summed E-state index contributed by atoms with van der Waals surface area (Å²) in [7, 11) is -3.72. The fourth-order valence-corrected chi connectivity index (χ4v) is 2.86. The Kier molecular flexibility index (Phi) is 2.14. The van der Waals surface area contributed by atoms with Crippen molar-refractivity contribution in [3.63, 3.8) is 0 Å². The van der Waals surface area contributed by atoms with E-state index >= 15 is 0 Å². The standard InChI is InChI=1S/C7H5IN2O3S/c8-5-3-1-2-4-6(5)9-14(12,13)10-7(4)11/h1-3,9H,(H,10,11). The van der Waals surface area contributed by atoms with Gasteiger partial charge in [-0.3, -0.25) is 9.52 Å². The van der Waals surface area contributed by atoms with Crippen molar-refractivity contribution < 1.29 is 13.2 Å². The largest absolute Gasteiger partial charge is 0.324 e. The monoisotopic (exact) mass is 324 g/mol. The second-order valence-corrected chi connectivity index (χ2v) is 5.28. The fourth-order valence-electron chi connectivity index (χ4n) is 1.15. The maximum Gasteiger partial charge on any atom is 0.324 e. The van der Waals surface area contributed by atoms with Gasteiger partial charge >= 0.3 is 10.2 Å². The van der Waals surface area contributed by atoms with E-state index in [4.69, 9.17) is 0 Å². The van der Waals surface area contributed by atoms with Crippen molar-refractivity contribution >= 4 is 44.4 Å². The van der Waals surface area contributed by atoms with Crippen LogP contribution in [0.3, 0.4) is 0 Å². The van der Waals surface area contributed by atoms with E-state index in [1.54, 1.807) is 18.2 Å². The molecule has 0 aromatic heterocycles. The number of benzene rings is 1. The molecule has 1 amide bonds. The molecule has 0 bridgehead atoms. The molecule has 0 spiro atoms. The lowest BCUT2D eigenvalue weighted by Gasteiger charge is -2.19. The zero-order valence-corrected chi connectivity index (χ0v) is 9.72. The molecular weight excluding hydrogens is 319 g/mol. The first kappa shape index (κ1) is 9.71. The predicted octanol–water partition coefficient (Wildman–Crippen LogP) is 0.691. The molecule has 7 heteroatoms. The quantitative estimate of drug-likeness (QED) is 0.690. The normalized spacial score (nSPS) is 17.9. The Labute approximate surface area is 94.2 Å². The molecule has 74 valence electrons. The molecule has 1 aliphatic heterocycles. The van der Waals surface area contributed by atoms with Crippen LogP contribution in [-0.2, 0) is 10.2 Å². The van der Waals surface area contributed by atoms with E-state index in [0.29, 0.717) is 14.8 Å². The van der Waals surface area contributed by atoms with Gasteiger partial charge in [0.25, 0.3) is 5.91 Å². The van der Waals surface area contributed by atoms with Crippen molar-refractivity contribution in [1.82, 2.24) is 4.72 Å². The number of amides is 1. The average molecular weight is 324 g/mol. The molecule has 0 fully saturated rings. The molecular formula is C7H5IN2O3S. The van der Waals surface area contributed by atoms with E-state index in [-0.39, 0.29) is 0 Å². The van der Waals surface area contributed by atoms with Crippen molar-refractivity contribution in [1.29, 1.82) is 0 Å². The number of carbonyl (C=O) groups is 1. The van der Waals surface area contributed by atoms with E-state index in [2.05, 4.69) is 4.72 Å². The van der Waals surface area contributed by atoms with Gasteiger partial charge in [0.05, 0.1) is 11.3 Å². The average Bonchev–Trinajstić information content (AvgIpc) is 2.05. The Morgan fingerprint density at radius 2 is 1.93 bits per heavy atom. The van der Waals surface area contributed by atoms with Crippen LogP contribution in [0.25, 0.3) is 0 Å². The Morgan fingerprint density at radius 3 is 2.64 bits per heavy atom. The van der Waals surface area contributed by atoms with Crippen molar-refractivity contribution in [3.05, 3.63) is 27.3 Å². The van der Waals surface area contributed by atoms with Crippen molar-refractivity contribution in [2.24, 2.45) is 0 Å². The van der Waals surface area contributed by atoms with E-state index in [1.807, 2.05) is 27.3 Å². The highest BCUT2D eigenvalue weighted by Crippen LogP contribution is 2.26. The SMILES string of the molecule is O=C1NS(=O)(=O)Nc2c(I)cccc21. The number of nitrogens with one attached hydrogen (secondary N) is 2. The molecule has 5 nitrogen and oxygen atoms in total. The summed E-state index contributed by atoms with van der Waals surface area (Å²) in [6.45, 7) is 0. The van der Waals surface area contributed by atoms with Gasteiger partial charge in [0.15, 0.2) is 0 Å². The van der Waals surface area contributed by atoms with Crippen LogP contribution < -0.4 is 9.44 Å². The van der Waals surface area contributed by atoms with Crippen LogP contribution in [0.4, 0.5) is 5.69 Å². The maximum absolute atomic E-state index is 11.3. The summed E-state index contributed by atoms with van der Waals surface area (Å²) in [5, 5.41) is 0. The number of para-hydroxylation sites is 1. The van der Waals surface area contributed by atoms with Gasteiger partial charge in [0.2, 0.25) is 0 Å². The van der Waals surface area contributed by atoms with Crippen LogP contribution in [0.5, 0.6) is 0 Å². The van der Waals surface area contributed by atoms with E-state index in [1.165, 1.54) is 0 Å². The highest BCUT2D eigenvalue weighted by atomic mass is 127. The lowest BCUT2D eigenvalue weighted by atomic mass is 10.2. The first-order valence-corrected chi connectivity index (χ1v) is 6.19. The number of hydrogen-bond acceptors (Lipinski definition) is 3. The second kappa shape index (κ2) is 3.09. The van der Waals surface area contributed by atoms with Crippen LogP contribution >= 0.6 is 22.6 Å². The van der Waals surface area contributed by atoms with Crippen LogP contribution in [0.15, 0.2) is 18.2 Å². The number of anilines is 1. The first-order valence-electron chi connectivity index (χ1n) is 3.63. The summed E-state index contributed by atoms with van der Waals surface area (Å²) >= 11 is 1.96. The molecule has 1 aromatic rings. The van der Waals surface area contributed by atoms with Gasteiger partial charge in [-0.2, -0.15) is 8.42 Å². The topological polar surface area (TPSA) is 75.3 Å². The molecule has 0 unspecified atom stereocenters.